The van der Waals surface area contributed by atoms with Crippen LogP contribution in [-0.4, -0.2) is 32.2 Å². The summed E-state index contributed by atoms with van der Waals surface area (Å²) in [5.74, 6) is 0. The average molecular weight is 372 g/mol. The number of benzene rings is 1. The fourth-order valence-electron chi connectivity index (χ4n) is 4.74. The van der Waals surface area contributed by atoms with Gasteiger partial charge in [0.15, 0.2) is 0 Å². The molecule has 3 aromatic rings. The minimum atomic E-state index is -0.244. The van der Waals surface area contributed by atoms with Crippen LogP contribution in [0.3, 0.4) is 0 Å². The van der Waals surface area contributed by atoms with Gasteiger partial charge in [-0.25, -0.2) is 4.79 Å². The Labute approximate surface area is 161 Å². The standard InChI is InChI=1S/C21H20N6O/c22-10-12-2-3-13-9-16(24-15(13)8-12)19-18-17(25-26-19)11-27(21(18)6-1-7-21)20(28)23-14-4-5-14/h2-3,8-9,14,24H,1,4-7,11H2,(H,23,28)(H,25,26). The summed E-state index contributed by atoms with van der Waals surface area (Å²) in [6.45, 7) is 0.583. The lowest BCUT2D eigenvalue weighted by Crippen LogP contribution is -2.53. The minimum Gasteiger partial charge on any atom is -0.353 e. The summed E-state index contributed by atoms with van der Waals surface area (Å²) >= 11 is 0. The number of nitrogens with zero attached hydrogens (tertiary/aromatic N) is 3. The molecule has 0 atom stereocenters. The van der Waals surface area contributed by atoms with Crippen LogP contribution in [0, 0.1) is 11.3 Å². The van der Waals surface area contributed by atoms with Gasteiger partial charge in [-0.1, -0.05) is 6.07 Å². The molecule has 7 heteroatoms. The Hall–Kier alpha value is -3.27. The summed E-state index contributed by atoms with van der Waals surface area (Å²) in [5, 5.41) is 21.1. The Kier molecular flexibility index (Phi) is 3.03. The molecule has 2 aromatic heterocycles. The lowest BCUT2D eigenvalue weighted by atomic mass is 9.71. The van der Waals surface area contributed by atoms with E-state index in [2.05, 4.69) is 32.6 Å². The number of urea groups is 1. The van der Waals surface area contributed by atoms with Crippen molar-refractivity contribution >= 4 is 16.9 Å². The van der Waals surface area contributed by atoms with E-state index in [1.807, 2.05) is 23.1 Å². The monoisotopic (exact) mass is 372 g/mol. The molecular weight excluding hydrogens is 352 g/mol. The van der Waals surface area contributed by atoms with Gasteiger partial charge in [-0.15, -0.1) is 0 Å². The zero-order chi connectivity index (χ0) is 18.9. The van der Waals surface area contributed by atoms with Crippen molar-refractivity contribution in [1.29, 1.82) is 5.26 Å². The van der Waals surface area contributed by atoms with Crippen molar-refractivity contribution in [3.63, 3.8) is 0 Å². The molecule has 3 aliphatic rings. The maximum absolute atomic E-state index is 12.9. The largest absolute Gasteiger partial charge is 0.353 e. The van der Waals surface area contributed by atoms with Crippen molar-refractivity contribution in [2.75, 3.05) is 0 Å². The minimum absolute atomic E-state index is 0.0491. The zero-order valence-electron chi connectivity index (χ0n) is 15.4. The van der Waals surface area contributed by atoms with Gasteiger partial charge in [0.05, 0.1) is 35.1 Å². The first-order chi connectivity index (χ1) is 13.7. The first-order valence-electron chi connectivity index (χ1n) is 9.87. The second-order valence-electron chi connectivity index (χ2n) is 8.22. The Bertz CT molecular complexity index is 1160. The van der Waals surface area contributed by atoms with E-state index in [-0.39, 0.29) is 11.6 Å². The number of H-pyrrole nitrogens is 2. The molecule has 1 aromatic carbocycles. The van der Waals surface area contributed by atoms with E-state index in [0.717, 1.165) is 65.7 Å². The third-order valence-electron chi connectivity index (χ3n) is 6.48. The molecule has 28 heavy (non-hydrogen) atoms. The molecule has 3 heterocycles. The summed E-state index contributed by atoms with van der Waals surface area (Å²) in [6.07, 6.45) is 5.25. The van der Waals surface area contributed by atoms with Crippen molar-refractivity contribution in [2.45, 2.75) is 50.2 Å². The van der Waals surface area contributed by atoms with Crippen LogP contribution >= 0.6 is 0 Å². The highest BCUT2D eigenvalue weighted by Gasteiger charge is 2.54. The van der Waals surface area contributed by atoms with Crippen LogP contribution in [-0.2, 0) is 12.1 Å². The SMILES string of the molecule is N#Cc1ccc2cc(-c3n[nH]c4c3C3(CCC3)N(C(=O)NC3CC3)C4)[nH]c2c1. The van der Waals surface area contributed by atoms with Crippen LogP contribution in [0.5, 0.6) is 0 Å². The van der Waals surface area contributed by atoms with Gasteiger partial charge < -0.3 is 15.2 Å². The Morgan fingerprint density at radius 3 is 2.89 bits per heavy atom. The highest BCUT2D eigenvalue weighted by Crippen LogP contribution is 2.54. The average Bonchev–Trinajstić information content (AvgIpc) is 3.10. The third kappa shape index (κ3) is 2.09. The molecule has 1 aliphatic heterocycles. The van der Waals surface area contributed by atoms with E-state index >= 15 is 0 Å². The van der Waals surface area contributed by atoms with Crippen LogP contribution < -0.4 is 5.32 Å². The molecule has 0 radical (unpaired) electrons. The van der Waals surface area contributed by atoms with Crippen LogP contribution in [0.4, 0.5) is 4.79 Å². The van der Waals surface area contributed by atoms with Gasteiger partial charge in [0.1, 0.15) is 5.69 Å². The predicted octanol–water partition coefficient (Wildman–Crippen LogP) is 3.50. The van der Waals surface area contributed by atoms with E-state index in [1.165, 1.54) is 0 Å². The number of carbonyl (C=O) groups is 1. The third-order valence-corrected chi connectivity index (χ3v) is 6.48. The lowest BCUT2D eigenvalue weighted by molar-refractivity contribution is 0.0556. The highest BCUT2D eigenvalue weighted by molar-refractivity contribution is 5.87. The maximum Gasteiger partial charge on any atom is 0.318 e. The summed E-state index contributed by atoms with van der Waals surface area (Å²) < 4.78 is 0. The molecule has 2 saturated carbocycles. The molecule has 3 N–H and O–H groups in total. The van der Waals surface area contributed by atoms with E-state index in [1.54, 1.807) is 0 Å². The van der Waals surface area contributed by atoms with Gasteiger partial charge in [0.25, 0.3) is 0 Å². The number of aromatic nitrogens is 3. The quantitative estimate of drug-likeness (QED) is 0.642. The van der Waals surface area contributed by atoms with Gasteiger partial charge >= 0.3 is 6.03 Å². The number of hydrogen-bond donors (Lipinski definition) is 3. The molecule has 0 unspecified atom stereocenters. The molecule has 2 fully saturated rings. The van der Waals surface area contributed by atoms with Crippen molar-refractivity contribution in [3.05, 3.63) is 41.1 Å². The summed E-state index contributed by atoms with van der Waals surface area (Å²) in [7, 11) is 0. The molecule has 0 bridgehead atoms. The molecular formula is C21H20N6O. The fourth-order valence-corrected chi connectivity index (χ4v) is 4.74. The fraction of sp³-hybridized carbons (Fsp3) is 0.381. The maximum atomic E-state index is 12.9. The van der Waals surface area contributed by atoms with E-state index in [9.17, 15) is 4.79 Å². The Morgan fingerprint density at radius 1 is 1.32 bits per heavy atom. The lowest BCUT2D eigenvalue weighted by Gasteiger charge is -2.46. The highest BCUT2D eigenvalue weighted by atomic mass is 16.2. The van der Waals surface area contributed by atoms with Crippen molar-refractivity contribution in [1.82, 2.24) is 25.4 Å². The van der Waals surface area contributed by atoms with Crippen molar-refractivity contribution < 1.29 is 4.79 Å². The van der Waals surface area contributed by atoms with Gasteiger partial charge in [-0.2, -0.15) is 10.4 Å². The summed E-state index contributed by atoms with van der Waals surface area (Å²) in [5.41, 5.74) is 5.34. The number of nitriles is 1. The molecule has 7 nitrogen and oxygen atoms in total. The molecule has 2 aliphatic carbocycles. The number of rotatable bonds is 2. The number of fused-ring (bicyclic) bond motifs is 3. The van der Waals surface area contributed by atoms with E-state index in [4.69, 9.17) is 5.26 Å². The van der Waals surface area contributed by atoms with Gasteiger partial charge in [-0.3, -0.25) is 5.10 Å². The Morgan fingerprint density at radius 2 is 2.18 bits per heavy atom. The number of aromatic amines is 2. The topological polar surface area (TPSA) is 101 Å². The molecule has 6 rings (SSSR count). The number of hydrogen-bond acceptors (Lipinski definition) is 3. The first kappa shape index (κ1) is 15.8. The molecule has 1 spiro atoms. The number of amides is 2. The van der Waals surface area contributed by atoms with Crippen LogP contribution in [0.15, 0.2) is 24.3 Å². The van der Waals surface area contributed by atoms with Gasteiger partial charge in [0.2, 0.25) is 0 Å². The second kappa shape index (κ2) is 5.38. The van der Waals surface area contributed by atoms with Crippen LogP contribution in [0.1, 0.15) is 48.9 Å². The van der Waals surface area contributed by atoms with Crippen LogP contribution in [0.25, 0.3) is 22.3 Å². The van der Waals surface area contributed by atoms with Gasteiger partial charge in [0, 0.05) is 22.5 Å². The first-order valence-corrected chi connectivity index (χ1v) is 9.87. The van der Waals surface area contributed by atoms with Crippen LogP contribution in [0.2, 0.25) is 0 Å². The second-order valence-corrected chi connectivity index (χ2v) is 8.22. The van der Waals surface area contributed by atoms with Crippen molar-refractivity contribution in [2.24, 2.45) is 0 Å². The molecule has 0 saturated heterocycles. The number of nitrogens with one attached hydrogen (secondary N) is 3. The summed E-state index contributed by atoms with van der Waals surface area (Å²) in [6, 6.07) is 10.3. The van der Waals surface area contributed by atoms with E-state index in [0.29, 0.717) is 18.2 Å². The molecule has 2 amide bonds. The Balaban J connectivity index is 1.42. The predicted molar refractivity (Wildman–Crippen MR) is 103 cm³/mol. The molecule has 140 valence electrons. The normalized spacial score (nSPS) is 19.5. The van der Waals surface area contributed by atoms with Crippen molar-refractivity contribution in [3.8, 4) is 17.5 Å². The zero-order valence-corrected chi connectivity index (χ0v) is 15.4. The van der Waals surface area contributed by atoms with Gasteiger partial charge in [-0.05, 0) is 50.3 Å². The summed E-state index contributed by atoms with van der Waals surface area (Å²) in [4.78, 5) is 18.3. The smallest absolute Gasteiger partial charge is 0.318 e. The van der Waals surface area contributed by atoms with E-state index < -0.39 is 0 Å². The number of carbonyl (C=O) groups excluding carboxylic acids is 1.